The zero-order valence-corrected chi connectivity index (χ0v) is 18.3. The molecule has 1 aromatic carbocycles. The molecule has 1 aliphatic heterocycles. The molecule has 8 heteroatoms. The Morgan fingerprint density at radius 3 is 2.52 bits per heavy atom. The number of benzene rings is 1. The van der Waals surface area contributed by atoms with Crippen LogP contribution in [0.25, 0.3) is 45.0 Å². The van der Waals surface area contributed by atoms with E-state index >= 15 is 0 Å². The van der Waals surface area contributed by atoms with Crippen molar-refractivity contribution >= 4 is 16.7 Å². The minimum atomic E-state index is 0.537. The van der Waals surface area contributed by atoms with Crippen molar-refractivity contribution in [2.24, 2.45) is 0 Å². The predicted molar refractivity (Wildman–Crippen MR) is 128 cm³/mol. The van der Waals surface area contributed by atoms with Gasteiger partial charge in [-0.25, -0.2) is 9.97 Å². The third kappa shape index (κ3) is 3.74. The van der Waals surface area contributed by atoms with Gasteiger partial charge in [0, 0.05) is 55.4 Å². The van der Waals surface area contributed by atoms with Crippen molar-refractivity contribution in [1.29, 1.82) is 0 Å². The van der Waals surface area contributed by atoms with Crippen molar-refractivity contribution in [2.75, 3.05) is 38.1 Å². The molecule has 0 atom stereocenters. The molecule has 5 aromatic rings. The Hall–Kier alpha value is -4.04. The first kappa shape index (κ1) is 19.6. The number of aromatic nitrogens is 5. The van der Waals surface area contributed by atoms with Crippen molar-refractivity contribution in [3.05, 3.63) is 67.3 Å². The second kappa shape index (κ2) is 8.14. The smallest absolute Gasteiger partial charge is 0.227 e. The molecule has 5 heterocycles. The summed E-state index contributed by atoms with van der Waals surface area (Å²) in [5, 5.41) is 7.68. The Morgan fingerprint density at radius 1 is 0.909 bits per heavy atom. The molecule has 4 aromatic heterocycles. The third-order valence-electron chi connectivity index (χ3n) is 6.13. The summed E-state index contributed by atoms with van der Waals surface area (Å²) in [5.74, 6) is 0.537. The van der Waals surface area contributed by atoms with Gasteiger partial charge in [-0.2, -0.15) is 5.10 Å². The van der Waals surface area contributed by atoms with Gasteiger partial charge in [0.25, 0.3) is 0 Å². The molecule has 0 radical (unpaired) electrons. The maximum absolute atomic E-state index is 5.41. The monoisotopic (exact) mass is 437 g/mol. The van der Waals surface area contributed by atoms with Crippen molar-refractivity contribution in [3.63, 3.8) is 0 Å². The molecule has 0 bridgehead atoms. The Balaban J connectivity index is 1.32. The number of rotatable bonds is 4. The van der Waals surface area contributed by atoms with Gasteiger partial charge in [0.15, 0.2) is 0 Å². The fraction of sp³-hybridized carbons (Fsp3) is 0.200. The van der Waals surface area contributed by atoms with Gasteiger partial charge in [-0.3, -0.25) is 10.1 Å². The molecular weight excluding hydrogens is 414 g/mol. The van der Waals surface area contributed by atoms with Crippen LogP contribution in [0.3, 0.4) is 0 Å². The van der Waals surface area contributed by atoms with Crippen LogP contribution >= 0.6 is 0 Å². The van der Waals surface area contributed by atoms with Gasteiger partial charge in [-0.1, -0.05) is 12.1 Å². The van der Waals surface area contributed by atoms with Crippen molar-refractivity contribution < 1.29 is 4.42 Å². The molecule has 33 heavy (non-hydrogen) atoms. The van der Waals surface area contributed by atoms with Gasteiger partial charge < -0.3 is 14.2 Å². The van der Waals surface area contributed by atoms with E-state index in [1.54, 1.807) is 24.9 Å². The Labute approximate surface area is 190 Å². The number of aromatic amines is 1. The number of hydrogen-bond donors (Lipinski definition) is 1. The van der Waals surface area contributed by atoms with Crippen LogP contribution in [-0.4, -0.2) is 63.3 Å². The summed E-state index contributed by atoms with van der Waals surface area (Å²) >= 11 is 0. The summed E-state index contributed by atoms with van der Waals surface area (Å²) < 4.78 is 5.41. The Kier molecular flexibility index (Phi) is 4.84. The molecular formula is C25H23N7O. The van der Waals surface area contributed by atoms with E-state index in [9.17, 15) is 0 Å². The number of hydrogen-bond acceptors (Lipinski definition) is 7. The van der Waals surface area contributed by atoms with E-state index in [0.29, 0.717) is 5.89 Å². The van der Waals surface area contributed by atoms with Crippen LogP contribution in [0.15, 0.2) is 71.7 Å². The lowest BCUT2D eigenvalue weighted by molar-refractivity contribution is 0.313. The van der Waals surface area contributed by atoms with E-state index in [0.717, 1.165) is 65.3 Å². The highest BCUT2D eigenvalue weighted by Crippen LogP contribution is 2.30. The number of oxazole rings is 1. The van der Waals surface area contributed by atoms with Crippen LogP contribution in [0.1, 0.15) is 0 Å². The number of piperazine rings is 1. The van der Waals surface area contributed by atoms with Crippen LogP contribution in [0.4, 0.5) is 5.69 Å². The maximum Gasteiger partial charge on any atom is 0.227 e. The number of nitrogens with zero attached hydrogens (tertiary/aromatic N) is 6. The average Bonchev–Trinajstić information content (AvgIpc) is 3.55. The molecule has 0 saturated carbocycles. The first-order valence-electron chi connectivity index (χ1n) is 11.0. The average molecular weight is 438 g/mol. The number of H-pyrrole nitrogens is 1. The fourth-order valence-corrected chi connectivity index (χ4v) is 4.22. The summed E-state index contributed by atoms with van der Waals surface area (Å²) in [6.45, 7) is 4.27. The van der Waals surface area contributed by atoms with Gasteiger partial charge in [-0.05, 0) is 37.4 Å². The van der Waals surface area contributed by atoms with Gasteiger partial charge in [-0.15, -0.1) is 0 Å². The highest BCUT2D eigenvalue weighted by Gasteiger charge is 2.16. The first-order valence-corrected chi connectivity index (χ1v) is 11.0. The van der Waals surface area contributed by atoms with Gasteiger partial charge >= 0.3 is 0 Å². The summed E-state index contributed by atoms with van der Waals surface area (Å²) in [6.07, 6.45) is 6.71. The molecule has 0 aliphatic carbocycles. The van der Waals surface area contributed by atoms with E-state index in [2.05, 4.69) is 61.3 Å². The van der Waals surface area contributed by atoms with Gasteiger partial charge in [0.2, 0.25) is 5.89 Å². The molecule has 0 spiro atoms. The standard InChI is InChI=1S/C25H23N7O/c1-31-9-11-32(12-10-31)20-4-2-17(3-5-20)23-24-22(29-30-23)7-6-21(28-24)18-14-19(16-26-15-18)25-27-8-13-33-25/h2-8,13-16H,9-12H2,1H3,(H,29,30). The number of likely N-dealkylation sites (N-methyl/N-ethyl adjacent to an activating group) is 1. The van der Waals surface area contributed by atoms with Crippen molar-refractivity contribution in [1.82, 2.24) is 30.0 Å². The van der Waals surface area contributed by atoms with Crippen molar-refractivity contribution in [2.45, 2.75) is 0 Å². The van der Waals surface area contributed by atoms with Crippen LogP contribution in [0.5, 0.6) is 0 Å². The topological polar surface area (TPSA) is 87.0 Å². The Bertz CT molecular complexity index is 1380. The zero-order chi connectivity index (χ0) is 22.2. The van der Waals surface area contributed by atoms with E-state index in [-0.39, 0.29) is 0 Å². The largest absolute Gasteiger partial charge is 0.444 e. The number of fused-ring (bicyclic) bond motifs is 1. The summed E-state index contributed by atoms with van der Waals surface area (Å²) in [7, 11) is 2.17. The second-order valence-electron chi connectivity index (χ2n) is 8.30. The summed E-state index contributed by atoms with van der Waals surface area (Å²) in [4.78, 5) is 18.3. The van der Waals surface area contributed by atoms with Crippen LogP contribution in [0, 0.1) is 0 Å². The number of anilines is 1. The van der Waals surface area contributed by atoms with E-state index < -0.39 is 0 Å². The normalized spacial score (nSPS) is 14.8. The van der Waals surface area contributed by atoms with Gasteiger partial charge in [0.05, 0.1) is 23.0 Å². The highest BCUT2D eigenvalue weighted by atomic mass is 16.3. The van der Waals surface area contributed by atoms with Crippen LogP contribution in [0.2, 0.25) is 0 Å². The zero-order valence-electron chi connectivity index (χ0n) is 18.3. The molecule has 0 amide bonds. The van der Waals surface area contributed by atoms with Crippen LogP contribution in [-0.2, 0) is 0 Å². The fourth-order valence-electron chi connectivity index (χ4n) is 4.22. The minimum absolute atomic E-state index is 0.537. The molecule has 164 valence electrons. The minimum Gasteiger partial charge on any atom is -0.444 e. The number of pyridine rings is 2. The maximum atomic E-state index is 5.41. The van der Waals surface area contributed by atoms with E-state index in [1.807, 2.05) is 18.2 Å². The first-order chi connectivity index (χ1) is 16.2. The Morgan fingerprint density at radius 2 is 1.73 bits per heavy atom. The van der Waals surface area contributed by atoms with Gasteiger partial charge in [0.1, 0.15) is 17.5 Å². The molecule has 1 fully saturated rings. The van der Waals surface area contributed by atoms with Crippen LogP contribution < -0.4 is 4.90 Å². The predicted octanol–water partition coefficient (Wildman–Crippen LogP) is 4.09. The quantitative estimate of drug-likeness (QED) is 0.453. The molecule has 1 N–H and O–H groups in total. The second-order valence-corrected chi connectivity index (χ2v) is 8.30. The summed E-state index contributed by atoms with van der Waals surface area (Å²) in [5.41, 5.74) is 7.38. The SMILES string of the molecule is CN1CCN(c2ccc(-c3n[nH]c4ccc(-c5cncc(-c6ncco6)c5)nc34)cc2)CC1. The lowest BCUT2D eigenvalue weighted by Crippen LogP contribution is -2.44. The highest BCUT2D eigenvalue weighted by molar-refractivity contribution is 5.91. The molecule has 1 aliphatic rings. The lowest BCUT2D eigenvalue weighted by Gasteiger charge is -2.34. The number of nitrogens with one attached hydrogen (secondary N) is 1. The van der Waals surface area contributed by atoms with Crippen molar-refractivity contribution in [3.8, 4) is 34.0 Å². The van der Waals surface area contributed by atoms with E-state index in [1.165, 1.54) is 5.69 Å². The lowest BCUT2D eigenvalue weighted by atomic mass is 10.1. The molecule has 8 nitrogen and oxygen atoms in total. The third-order valence-corrected chi connectivity index (χ3v) is 6.13. The van der Waals surface area contributed by atoms with E-state index in [4.69, 9.17) is 9.40 Å². The summed E-state index contributed by atoms with van der Waals surface area (Å²) in [6, 6.07) is 14.6. The molecule has 6 rings (SSSR count). The molecule has 0 unspecified atom stereocenters. The molecule has 1 saturated heterocycles.